The minimum absolute atomic E-state index is 0.00860. The van der Waals surface area contributed by atoms with E-state index < -0.39 is 11.9 Å². The summed E-state index contributed by atoms with van der Waals surface area (Å²) >= 11 is 1.29. The highest BCUT2D eigenvalue weighted by molar-refractivity contribution is 7.20. The van der Waals surface area contributed by atoms with Crippen molar-refractivity contribution in [1.29, 1.82) is 0 Å². The zero-order chi connectivity index (χ0) is 18.9. The van der Waals surface area contributed by atoms with Crippen LogP contribution in [0.15, 0.2) is 36.4 Å². The molecule has 1 aromatic carbocycles. The van der Waals surface area contributed by atoms with Gasteiger partial charge in [0, 0.05) is 11.3 Å². The molecule has 0 atom stereocenters. The monoisotopic (exact) mass is 375 g/mol. The molecule has 7 heteroatoms. The van der Waals surface area contributed by atoms with Crippen LogP contribution in [0.2, 0.25) is 0 Å². The van der Waals surface area contributed by atoms with E-state index in [1.54, 1.807) is 19.9 Å². The highest BCUT2D eigenvalue weighted by Gasteiger charge is 2.20. The Morgan fingerprint density at radius 1 is 1.00 bits per heavy atom. The molecule has 138 valence electrons. The molecule has 26 heavy (non-hydrogen) atoms. The van der Waals surface area contributed by atoms with Gasteiger partial charge in [-0.15, -0.1) is 11.3 Å². The van der Waals surface area contributed by atoms with Crippen LogP contribution in [0.25, 0.3) is 10.4 Å². The average molecular weight is 375 g/mol. The Morgan fingerprint density at radius 2 is 1.69 bits per heavy atom. The quantitative estimate of drug-likeness (QED) is 0.708. The topological polar surface area (TPSA) is 81.7 Å². The summed E-state index contributed by atoms with van der Waals surface area (Å²) in [7, 11) is 0. The lowest BCUT2D eigenvalue weighted by molar-refractivity contribution is -0.144. The predicted octanol–water partition coefficient (Wildman–Crippen LogP) is 3.87. The lowest BCUT2D eigenvalue weighted by atomic mass is 10.1. The molecule has 1 amide bonds. The minimum Gasteiger partial charge on any atom is -0.466 e. The summed E-state index contributed by atoms with van der Waals surface area (Å²) in [6.45, 7) is 3.95. The highest BCUT2D eigenvalue weighted by Crippen LogP contribution is 2.36. The number of nitrogens with one attached hydrogen (secondary N) is 1. The maximum Gasteiger partial charge on any atom is 0.341 e. The molecule has 2 aromatic rings. The number of hydrogen-bond donors (Lipinski definition) is 1. The molecular weight excluding hydrogens is 354 g/mol. The number of benzene rings is 1. The van der Waals surface area contributed by atoms with Gasteiger partial charge in [0.1, 0.15) is 5.00 Å². The maximum atomic E-state index is 12.2. The Morgan fingerprint density at radius 3 is 2.35 bits per heavy atom. The summed E-state index contributed by atoms with van der Waals surface area (Å²) < 4.78 is 9.88. The van der Waals surface area contributed by atoms with Crippen LogP contribution in [-0.4, -0.2) is 31.1 Å². The van der Waals surface area contributed by atoms with Crippen molar-refractivity contribution in [2.45, 2.75) is 26.7 Å². The lowest BCUT2D eigenvalue weighted by Gasteiger charge is -2.06. The Labute approximate surface area is 156 Å². The Bertz CT molecular complexity index is 769. The number of amides is 1. The van der Waals surface area contributed by atoms with Crippen LogP contribution in [-0.2, 0) is 19.1 Å². The number of carbonyl (C=O) groups excluding carboxylic acids is 3. The summed E-state index contributed by atoms with van der Waals surface area (Å²) in [5, 5.41) is 3.12. The molecule has 0 saturated carbocycles. The first-order valence-electron chi connectivity index (χ1n) is 8.37. The summed E-state index contributed by atoms with van der Waals surface area (Å²) in [6.07, 6.45) is -0.0228. The first-order chi connectivity index (χ1) is 12.5. The fourth-order valence-corrected chi connectivity index (χ4v) is 3.29. The molecular formula is C19H21NO5S. The number of carbonyl (C=O) groups is 3. The molecule has 1 N–H and O–H groups in total. The van der Waals surface area contributed by atoms with Crippen molar-refractivity contribution in [3.05, 3.63) is 42.0 Å². The van der Waals surface area contributed by atoms with Gasteiger partial charge in [0.2, 0.25) is 5.91 Å². The number of esters is 2. The van der Waals surface area contributed by atoms with Gasteiger partial charge >= 0.3 is 11.9 Å². The molecule has 2 rings (SSSR count). The van der Waals surface area contributed by atoms with Crippen molar-refractivity contribution in [3.8, 4) is 10.4 Å². The summed E-state index contributed by atoms with van der Waals surface area (Å²) in [6, 6.07) is 11.3. The van der Waals surface area contributed by atoms with Crippen molar-refractivity contribution in [2.24, 2.45) is 0 Å². The van der Waals surface area contributed by atoms with Gasteiger partial charge in [0.15, 0.2) is 0 Å². The predicted molar refractivity (Wildman–Crippen MR) is 100 cm³/mol. The molecule has 0 aliphatic rings. The van der Waals surface area contributed by atoms with E-state index in [9.17, 15) is 14.4 Å². The van der Waals surface area contributed by atoms with Crippen LogP contribution < -0.4 is 5.32 Å². The Kier molecular flexibility index (Phi) is 7.35. The number of thiophene rings is 1. The van der Waals surface area contributed by atoms with Gasteiger partial charge < -0.3 is 14.8 Å². The van der Waals surface area contributed by atoms with Crippen LogP contribution in [0, 0.1) is 0 Å². The molecule has 0 aliphatic heterocycles. The van der Waals surface area contributed by atoms with Gasteiger partial charge in [-0.2, -0.15) is 0 Å². The zero-order valence-electron chi connectivity index (χ0n) is 14.7. The average Bonchev–Trinajstić information content (AvgIpc) is 3.05. The second kappa shape index (κ2) is 9.72. The lowest BCUT2D eigenvalue weighted by Crippen LogP contribution is -2.16. The fourth-order valence-electron chi connectivity index (χ4n) is 2.23. The fraction of sp³-hybridized carbons (Fsp3) is 0.316. The third kappa shape index (κ3) is 5.42. The third-order valence-electron chi connectivity index (χ3n) is 3.40. The van der Waals surface area contributed by atoms with Crippen molar-refractivity contribution in [2.75, 3.05) is 18.5 Å². The second-order valence-electron chi connectivity index (χ2n) is 5.29. The van der Waals surface area contributed by atoms with Gasteiger partial charge in [-0.25, -0.2) is 4.79 Å². The van der Waals surface area contributed by atoms with E-state index in [2.05, 4.69) is 5.32 Å². The first-order valence-corrected chi connectivity index (χ1v) is 9.18. The van der Waals surface area contributed by atoms with Crippen LogP contribution in [0.4, 0.5) is 5.00 Å². The standard InChI is InChI=1S/C19H21NO5S/c1-3-24-17(22)11-10-16(21)20-18-14(19(23)25-4-2)12-15(26-18)13-8-6-5-7-9-13/h5-9,12H,3-4,10-11H2,1-2H3,(H,20,21). The number of ether oxygens (including phenoxy) is 2. The van der Waals surface area contributed by atoms with Gasteiger partial charge in [-0.05, 0) is 25.5 Å². The first kappa shape index (κ1) is 19.7. The summed E-state index contributed by atoms with van der Waals surface area (Å²) in [4.78, 5) is 36.6. The number of rotatable bonds is 8. The molecule has 0 aliphatic carbocycles. The molecule has 0 bridgehead atoms. The van der Waals surface area contributed by atoms with Crippen LogP contribution in [0.5, 0.6) is 0 Å². The van der Waals surface area contributed by atoms with Crippen LogP contribution >= 0.6 is 11.3 Å². The van der Waals surface area contributed by atoms with Gasteiger partial charge in [-0.1, -0.05) is 30.3 Å². The van der Waals surface area contributed by atoms with Crippen LogP contribution in [0.3, 0.4) is 0 Å². The molecule has 6 nitrogen and oxygen atoms in total. The van der Waals surface area contributed by atoms with E-state index in [0.717, 1.165) is 10.4 Å². The smallest absolute Gasteiger partial charge is 0.341 e. The Balaban J connectivity index is 2.17. The Hall–Kier alpha value is -2.67. The van der Waals surface area contributed by atoms with Crippen molar-refractivity contribution in [1.82, 2.24) is 0 Å². The van der Waals surface area contributed by atoms with Crippen molar-refractivity contribution >= 4 is 34.2 Å². The third-order valence-corrected chi connectivity index (χ3v) is 4.50. The van der Waals surface area contributed by atoms with E-state index in [0.29, 0.717) is 10.6 Å². The SMILES string of the molecule is CCOC(=O)CCC(=O)Nc1sc(-c2ccccc2)cc1C(=O)OCC. The van der Waals surface area contributed by atoms with E-state index >= 15 is 0 Å². The number of hydrogen-bond acceptors (Lipinski definition) is 6. The maximum absolute atomic E-state index is 12.2. The van der Waals surface area contributed by atoms with Crippen LogP contribution in [0.1, 0.15) is 37.0 Å². The second-order valence-corrected chi connectivity index (χ2v) is 6.35. The van der Waals surface area contributed by atoms with E-state index in [1.165, 1.54) is 11.3 Å². The zero-order valence-corrected chi connectivity index (χ0v) is 15.6. The number of anilines is 1. The van der Waals surface area contributed by atoms with Gasteiger partial charge in [0.25, 0.3) is 0 Å². The van der Waals surface area contributed by atoms with Gasteiger partial charge in [0.05, 0.1) is 25.2 Å². The molecule has 1 heterocycles. The van der Waals surface area contributed by atoms with E-state index in [-0.39, 0.29) is 32.0 Å². The summed E-state index contributed by atoms with van der Waals surface area (Å²) in [5.41, 5.74) is 1.25. The molecule has 1 aromatic heterocycles. The molecule has 0 spiro atoms. The molecule has 0 unspecified atom stereocenters. The van der Waals surface area contributed by atoms with Crippen molar-refractivity contribution < 1.29 is 23.9 Å². The molecule has 0 radical (unpaired) electrons. The van der Waals surface area contributed by atoms with E-state index in [4.69, 9.17) is 9.47 Å². The van der Waals surface area contributed by atoms with Crippen molar-refractivity contribution in [3.63, 3.8) is 0 Å². The van der Waals surface area contributed by atoms with E-state index in [1.807, 2.05) is 30.3 Å². The largest absolute Gasteiger partial charge is 0.466 e. The normalized spacial score (nSPS) is 10.2. The highest BCUT2D eigenvalue weighted by atomic mass is 32.1. The summed E-state index contributed by atoms with van der Waals surface area (Å²) in [5.74, 6) is -1.28. The molecule has 0 fully saturated rings. The molecule has 0 saturated heterocycles. The van der Waals surface area contributed by atoms with Gasteiger partial charge in [-0.3, -0.25) is 9.59 Å². The minimum atomic E-state index is -0.494.